The van der Waals surface area contributed by atoms with Crippen LogP contribution in [0.3, 0.4) is 0 Å². The van der Waals surface area contributed by atoms with Crippen LogP contribution in [0.25, 0.3) is 15.9 Å². The molecule has 0 amide bonds. The number of hydrogen-bond donors (Lipinski definition) is 0. The number of hydrogen-bond acceptors (Lipinski definition) is 6. The molecule has 4 aromatic rings. The number of fused-ring (bicyclic) bond motifs is 1. The number of methoxy groups -OCH3 is 1. The Balaban J connectivity index is 1.80. The molecule has 0 saturated carbocycles. The van der Waals surface area contributed by atoms with Gasteiger partial charge in [0, 0.05) is 11.9 Å². The van der Waals surface area contributed by atoms with Crippen LogP contribution in [-0.4, -0.2) is 21.6 Å². The van der Waals surface area contributed by atoms with E-state index in [4.69, 9.17) is 9.72 Å². The van der Waals surface area contributed by atoms with Gasteiger partial charge in [-0.05, 0) is 47.8 Å². The molecule has 1 aromatic carbocycles. The van der Waals surface area contributed by atoms with Gasteiger partial charge in [0.2, 0.25) is 0 Å². The van der Waals surface area contributed by atoms with Gasteiger partial charge in [0.15, 0.2) is 5.16 Å². The molecular weight excluding hydrogens is 366 g/mol. The molecule has 4 rings (SSSR count). The maximum Gasteiger partial charge on any atom is 0.276 e. The highest BCUT2D eigenvalue weighted by Crippen LogP contribution is 2.26. The number of ether oxygens (including phenoxy) is 1. The predicted molar refractivity (Wildman–Crippen MR) is 106 cm³/mol. The molecule has 0 fully saturated rings. The molecule has 0 aliphatic rings. The summed E-state index contributed by atoms with van der Waals surface area (Å²) in [6.45, 7) is 0. The lowest BCUT2D eigenvalue weighted by molar-refractivity contribution is 0.414. The smallest absolute Gasteiger partial charge is 0.276 e. The predicted octanol–water partition coefficient (Wildman–Crippen LogP) is 4.14. The van der Waals surface area contributed by atoms with Crippen LogP contribution in [0, 0.1) is 0 Å². The maximum absolute atomic E-state index is 13.0. The van der Waals surface area contributed by atoms with Gasteiger partial charge in [-0.3, -0.25) is 14.3 Å². The minimum Gasteiger partial charge on any atom is -0.497 e. The van der Waals surface area contributed by atoms with E-state index in [-0.39, 0.29) is 5.56 Å². The molecule has 0 N–H and O–H groups in total. The van der Waals surface area contributed by atoms with Crippen molar-refractivity contribution in [2.45, 2.75) is 10.9 Å². The minimum atomic E-state index is -0.0568. The fourth-order valence-electron chi connectivity index (χ4n) is 2.57. The number of pyridine rings is 1. The van der Waals surface area contributed by atoms with Crippen LogP contribution in [0.4, 0.5) is 0 Å². The van der Waals surface area contributed by atoms with Crippen LogP contribution in [0.1, 0.15) is 5.69 Å². The van der Waals surface area contributed by atoms with Gasteiger partial charge in [-0.15, -0.1) is 11.3 Å². The zero-order valence-electron chi connectivity index (χ0n) is 14.0. The van der Waals surface area contributed by atoms with Crippen molar-refractivity contribution in [2.75, 3.05) is 7.11 Å². The van der Waals surface area contributed by atoms with Crippen molar-refractivity contribution in [2.24, 2.45) is 0 Å². The highest BCUT2D eigenvalue weighted by molar-refractivity contribution is 7.98. The zero-order chi connectivity index (χ0) is 17.9. The van der Waals surface area contributed by atoms with Gasteiger partial charge < -0.3 is 4.74 Å². The Kier molecular flexibility index (Phi) is 4.73. The molecule has 3 heterocycles. The molecule has 0 spiro atoms. The number of thiophene rings is 1. The fourth-order valence-corrected chi connectivity index (χ4v) is 4.26. The minimum absolute atomic E-state index is 0.0568. The summed E-state index contributed by atoms with van der Waals surface area (Å²) < 4.78 is 7.53. The highest BCUT2D eigenvalue weighted by atomic mass is 32.2. The first-order chi connectivity index (χ1) is 12.8. The number of aromatic nitrogens is 3. The van der Waals surface area contributed by atoms with E-state index in [0.29, 0.717) is 15.6 Å². The molecular formula is C19H15N3O2S2. The summed E-state index contributed by atoms with van der Waals surface area (Å²) in [5.41, 5.74) is 2.38. The van der Waals surface area contributed by atoms with Crippen molar-refractivity contribution in [3.63, 3.8) is 0 Å². The Morgan fingerprint density at radius 3 is 2.73 bits per heavy atom. The second-order valence-corrected chi connectivity index (χ2v) is 7.34. The van der Waals surface area contributed by atoms with E-state index in [1.807, 2.05) is 53.9 Å². The number of benzene rings is 1. The maximum atomic E-state index is 13.0. The monoisotopic (exact) mass is 381 g/mol. The molecule has 7 heteroatoms. The first-order valence-corrected chi connectivity index (χ1v) is 9.80. The van der Waals surface area contributed by atoms with Crippen LogP contribution in [0.5, 0.6) is 5.75 Å². The summed E-state index contributed by atoms with van der Waals surface area (Å²) in [6, 6.07) is 15.1. The van der Waals surface area contributed by atoms with Crippen LogP contribution in [0.15, 0.2) is 70.1 Å². The molecule has 0 atom stereocenters. The lowest BCUT2D eigenvalue weighted by Gasteiger charge is -2.12. The van der Waals surface area contributed by atoms with Crippen molar-refractivity contribution in [3.05, 3.63) is 76.2 Å². The van der Waals surface area contributed by atoms with Gasteiger partial charge in [-0.2, -0.15) is 0 Å². The van der Waals surface area contributed by atoms with Gasteiger partial charge in [0.25, 0.3) is 5.56 Å². The number of thioether (sulfide) groups is 1. The third kappa shape index (κ3) is 3.23. The lowest BCUT2D eigenvalue weighted by atomic mass is 10.3. The zero-order valence-corrected chi connectivity index (χ0v) is 15.6. The van der Waals surface area contributed by atoms with Crippen molar-refractivity contribution in [1.82, 2.24) is 14.5 Å². The second kappa shape index (κ2) is 7.31. The summed E-state index contributed by atoms with van der Waals surface area (Å²) in [5, 5.41) is 2.54. The summed E-state index contributed by atoms with van der Waals surface area (Å²) in [7, 11) is 1.62. The molecule has 3 aromatic heterocycles. The van der Waals surface area contributed by atoms with E-state index < -0.39 is 0 Å². The van der Waals surface area contributed by atoms with Crippen molar-refractivity contribution in [3.8, 4) is 11.4 Å². The summed E-state index contributed by atoms with van der Waals surface area (Å²) >= 11 is 2.91. The first-order valence-electron chi connectivity index (χ1n) is 7.93. The Morgan fingerprint density at radius 2 is 2.00 bits per heavy atom. The highest BCUT2D eigenvalue weighted by Gasteiger charge is 2.14. The van der Waals surface area contributed by atoms with Crippen molar-refractivity contribution in [1.29, 1.82) is 0 Å². The van der Waals surface area contributed by atoms with Gasteiger partial charge in [0.1, 0.15) is 10.4 Å². The molecule has 0 saturated heterocycles. The van der Waals surface area contributed by atoms with Gasteiger partial charge in [0.05, 0.1) is 24.0 Å². The third-order valence-corrected chi connectivity index (χ3v) is 5.72. The summed E-state index contributed by atoms with van der Waals surface area (Å²) in [6.07, 6.45) is 1.77. The molecule has 0 aliphatic carbocycles. The van der Waals surface area contributed by atoms with E-state index in [9.17, 15) is 4.79 Å². The first kappa shape index (κ1) is 16.8. The quantitative estimate of drug-likeness (QED) is 0.384. The Morgan fingerprint density at radius 1 is 1.15 bits per heavy atom. The van der Waals surface area contributed by atoms with E-state index in [2.05, 4.69) is 4.98 Å². The van der Waals surface area contributed by atoms with Gasteiger partial charge in [-0.1, -0.05) is 17.8 Å². The van der Waals surface area contributed by atoms with E-state index in [0.717, 1.165) is 22.6 Å². The van der Waals surface area contributed by atoms with E-state index in [1.54, 1.807) is 17.9 Å². The molecule has 0 bridgehead atoms. The summed E-state index contributed by atoms with van der Waals surface area (Å²) in [5.74, 6) is 1.38. The Bertz CT molecular complexity index is 1090. The Labute approximate surface area is 158 Å². The normalized spacial score (nSPS) is 11.0. The van der Waals surface area contributed by atoms with Crippen LogP contribution in [0.2, 0.25) is 0 Å². The molecule has 5 nitrogen and oxygen atoms in total. The molecule has 0 aliphatic heterocycles. The van der Waals surface area contributed by atoms with Crippen molar-refractivity contribution < 1.29 is 4.74 Å². The van der Waals surface area contributed by atoms with Crippen LogP contribution >= 0.6 is 23.1 Å². The SMILES string of the molecule is COc1ccc(-n2c(SCc3ccccn3)nc3ccsc3c2=O)cc1. The second-order valence-electron chi connectivity index (χ2n) is 5.48. The molecule has 0 radical (unpaired) electrons. The Hall–Kier alpha value is -2.64. The van der Waals surface area contributed by atoms with Crippen LogP contribution < -0.4 is 10.3 Å². The molecule has 26 heavy (non-hydrogen) atoms. The average molecular weight is 381 g/mol. The van der Waals surface area contributed by atoms with E-state index in [1.165, 1.54) is 23.1 Å². The molecule has 130 valence electrons. The van der Waals surface area contributed by atoms with Crippen LogP contribution in [-0.2, 0) is 5.75 Å². The summed E-state index contributed by atoms with van der Waals surface area (Å²) in [4.78, 5) is 22.1. The number of rotatable bonds is 5. The lowest BCUT2D eigenvalue weighted by Crippen LogP contribution is -2.20. The van der Waals surface area contributed by atoms with E-state index >= 15 is 0 Å². The third-order valence-electron chi connectivity index (χ3n) is 3.86. The average Bonchev–Trinajstić information content (AvgIpc) is 3.16. The number of nitrogens with zero attached hydrogens (tertiary/aromatic N) is 3. The van der Waals surface area contributed by atoms with Crippen molar-refractivity contribution >= 4 is 33.3 Å². The standard InChI is InChI=1S/C19H15N3O2S2/c1-24-15-7-5-14(6-8-15)22-18(23)17-16(9-11-25-17)21-19(22)26-12-13-4-2-3-10-20-13/h2-11H,12H2,1H3. The topological polar surface area (TPSA) is 57.0 Å². The molecule has 0 unspecified atom stereocenters. The fraction of sp³-hybridized carbons (Fsp3) is 0.105. The van der Waals surface area contributed by atoms with Gasteiger partial charge in [-0.25, -0.2) is 4.98 Å². The van der Waals surface area contributed by atoms with Gasteiger partial charge >= 0.3 is 0 Å². The largest absolute Gasteiger partial charge is 0.497 e.